The molecule has 1 aliphatic rings. The van der Waals surface area contributed by atoms with Crippen LogP contribution in [0.4, 0.5) is 0 Å². The molecule has 1 aromatic heterocycles. The molecule has 0 atom stereocenters. The number of thioether (sulfide) groups is 1. The number of nitrogens with one attached hydrogen (secondary N) is 1. The standard InChI is InChI=1S/C8H7N3OS/c12-7-5-13-8(11-10-7)6-1-3-9-4-2-6/h1-4H,5H2,(H,10,12). The lowest BCUT2D eigenvalue weighted by Crippen LogP contribution is -2.26. The van der Waals surface area contributed by atoms with E-state index in [1.165, 1.54) is 11.8 Å². The monoisotopic (exact) mass is 193 g/mol. The lowest BCUT2D eigenvalue weighted by atomic mass is 10.3. The Bertz CT molecular complexity index is 350. The fourth-order valence-electron chi connectivity index (χ4n) is 0.954. The van der Waals surface area contributed by atoms with Crippen LogP contribution in [0.25, 0.3) is 0 Å². The second-order valence-electron chi connectivity index (χ2n) is 2.48. The van der Waals surface area contributed by atoms with Crippen molar-refractivity contribution in [2.75, 3.05) is 5.75 Å². The van der Waals surface area contributed by atoms with Crippen LogP contribution in [0.15, 0.2) is 29.6 Å². The summed E-state index contributed by atoms with van der Waals surface area (Å²) >= 11 is 1.43. The molecule has 1 amide bonds. The molecule has 0 saturated carbocycles. The minimum Gasteiger partial charge on any atom is -0.272 e. The van der Waals surface area contributed by atoms with E-state index in [0.717, 1.165) is 10.6 Å². The van der Waals surface area contributed by atoms with E-state index < -0.39 is 0 Å². The molecule has 4 nitrogen and oxygen atoms in total. The lowest BCUT2D eigenvalue weighted by molar-refractivity contribution is -0.118. The van der Waals surface area contributed by atoms with Gasteiger partial charge in [0.2, 0.25) is 0 Å². The molecule has 1 N–H and O–H groups in total. The van der Waals surface area contributed by atoms with E-state index in [1.54, 1.807) is 12.4 Å². The summed E-state index contributed by atoms with van der Waals surface area (Å²) in [5.74, 6) is 0.379. The molecule has 66 valence electrons. The van der Waals surface area contributed by atoms with Crippen molar-refractivity contribution in [1.29, 1.82) is 0 Å². The molecular formula is C8H7N3OS. The van der Waals surface area contributed by atoms with Crippen LogP contribution in [0.1, 0.15) is 5.56 Å². The highest BCUT2D eigenvalue weighted by molar-refractivity contribution is 8.15. The third kappa shape index (κ3) is 1.86. The highest BCUT2D eigenvalue weighted by atomic mass is 32.2. The van der Waals surface area contributed by atoms with Crippen molar-refractivity contribution in [3.05, 3.63) is 30.1 Å². The van der Waals surface area contributed by atoms with Crippen molar-refractivity contribution in [3.8, 4) is 0 Å². The van der Waals surface area contributed by atoms with Gasteiger partial charge in [0, 0.05) is 18.0 Å². The average molecular weight is 193 g/mol. The molecule has 0 aromatic carbocycles. The number of hydrogen-bond donors (Lipinski definition) is 1. The van der Waals surface area contributed by atoms with Crippen LogP contribution < -0.4 is 5.43 Å². The van der Waals surface area contributed by atoms with Crippen LogP contribution in [-0.2, 0) is 4.79 Å². The van der Waals surface area contributed by atoms with Gasteiger partial charge >= 0.3 is 0 Å². The summed E-state index contributed by atoms with van der Waals surface area (Å²) in [6.07, 6.45) is 3.41. The maximum absolute atomic E-state index is 10.8. The minimum atomic E-state index is -0.0530. The zero-order chi connectivity index (χ0) is 9.10. The largest absolute Gasteiger partial charge is 0.272 e. The van der Waals surface area contributed by atoms with Gasteiger partial charge in [-0.15, -0.1) is 0 Å². The molecule has 0 aliphatic carbocycles. The number of hydrazone groups is 1. The van der Waals surface area contributed by atoms with Crippen LogP contribution in [0.2, 0.25) is 0 Å². The molecule has 0 fully saturated rings. The first-order valence-electron chi connectivity index (χ1n) is 3.76. The fourth-order valence-corrected chi connectivity index (χ4v) is 1.70. The summed E-state index contributed by atoms with van der Waals surface area (Å²) < 4.78 is 0. The van der Waals surface area contributed by atoms with E-state index in [0.29, 0.717) is 5.75 Å². The van der Waals surface area contributed by atoms with E-state index in [9.17, 15) is 4.79 Å². The van der Waals surface area contributed by atoms with Crippen LogP contribution >= 0.6 is 11.8 Å². The van der Waals surface area contributed by atoms with Crippen LogP contribution in [0, 0.1) is 0 Å². The number of rotatable bonds is 1. The molecule has 0 unspecified atom stereocenters. The van der Waals surface area contributed by atoms with Crippen LogP contribution in [0.5, 0.6) is 0 Å². The minimum absolute atomic E-state index is 0.0530. The van der Waals surface area contributed by atoms with Crippen LogP contribution in [0.3, 0.4) is 0 Å². The van der Waals surface area contributed by atoms with Crippen LogP contribution in [-0.4, -0.2) is 21.7 Å². The van der Waals surface area contributed by atoms with E-state index in [-0.39, 0.29) is 5.91 Å². The number of carbonyl (C=O) groups is 1. The highest BCUT2D eigenvalue weighted by Gasteiger charge is 2.12. The van der Waals surface area contributed by atoms with E-state index in [1.807, 2.05) is 12.1 Å². The highest BCUT2D eigenvalue weighted by Crippen LogP contribution is 2.14. The topological polar surface area (TPSA) is 54.4 Å². The number of amides is 1. The number of carbonyl (C=O) groups excluding carboxylic acids is 1. The Morgan fingerprint density at radius 1 is 1.38 bits per heavy atom. The molecule has 13 heavy (non-hydrogen) atoms. The van der Waals surface area contributed by atoms with Gasteiger partial charge in [-0.3, -0.25) is 9.78 Å². The van der Waals surface area contributed by atoms with Gasteiger partial charge < -0.3 is 0 Å². The van der Waals surface area contributed by atoms with Crippen molar-refractivity contribution < 1.29 is 4.79 Å². The van der Waals surface area contributed by atoms with E-state index >= 15 is 0 Å². The SMILES string of the molecule is O=C1CSC(c2ccncc2)=NN1. The molecule has 0 spiro atoms. The van der Waals surface area contributed by atoms with Gasteiger partial charge in [-0.2, -0.15) is 5.10 Å². The van der Waals surface area contributed by atoms with Gasteiger partial charge in [0.15, 0.2) is 0 Å². The van der Waals surface area contributed by atoms with Crippen molar-refractivity contribution in [2.24, 2.45) is 5.10 Å². The van der Waals surface area contributed by atoms with Crippen molar-refractivity contribution in [1.82, 2.24) is 10.4 Å². The Labute approximate surface area is 79.4 Å². The second kappa shape index (κ2) is 3.57. The predicted molar refractivity (Wildman–Crippen MR) is 51.4 cm³/mol. The zero-order valence-electron chi connectivity index (χ0n) is 6.73. The Morgan fingerprint density at radius 2 is 2.15 bits per heavy atom. The van der Waals surface area contributed by atoms with Gasteiger partial charge in [0.25, 0.3) is 5.91 Å². The van der Waals surface area contributed by atoms with E-state index in [2.05, 4.69) is 15.5 Å². The number of aromatic nitrogens is 1. The van der Waals surface area contributed by atoms with Crippen molar-refractivity contribution in [3.63, 3.8) is 0 Å². The fraction of sp³-hybridized carbons (Fsp3) is 0.125. The molecule has 5 heteroatoms. The number of hydrogen-bond acceptors (Lipinski definition) is 4. The summed E-state index contributed by atoms with van der Waals surface area (Å²) in [6.45, 7) is 0. The molecule has 2 heterocycles. The molecule has 0 radical (unpaired) electrons. The van der Waals surface area contributed by atoms with Gasteiger partial charge in [0.05, 0.1) is 5.75 Å². The maximum atomic E-state index is 10.8. The summed E-state index contributed by atoms with van der Waals surface area (Å²) in [4.78, 5) is 14.7. The van der Waals surface area contributed by atoms with Gasteiger partial charge in [-0.05, 0) is 12.1 Å². The molecular weight excluding hydrogens is 186 g/mol. The first-order valence-corrected chi connectivity index (χ1v) is 4.74. The molecule has 1 aliphatic heterocycles. The Hall–Kier alpha value is -1.36. The maximum Gasteiger partial charge on any atom is 0.250 e. The molecule has 0 bridgehead atoms. The smallest absolute Gasteiger partial charge is 0.250 e. The second-order valence-corrected chi connectivity index (χ2v) is 3.44. The van der Waals surface area contributed by atoms with Gasteiger partial charge in [0.1, 0.15) is 5.04 Å². The predicted octanol–water partition coefficient (Wildman–Crippen LogP) is 0.606. The summed E-state index contributed by atoms with van der Waals surface area (Å²) in [7, 11) is 0. The third-order valence-corrected chi connectivity index (χ3v) is 2.56. The summed E-state index contributed by atoms with van der Waals surface area (Å²) in [5.41, 5.74) is 3.42. The normalized spacial score (nSPS) is 16.3. The Balaban J connectivity index is 2.23. The number of pyridine rings is 1. The zero-order valence-corrected chi connectivity index (χ0v) is 7.54. The van der Waals surface area contributed by atoms with Gasteiger partial charge in [-0.1, -0.05) is 11.8 Å². The molecule has 0 saturated heterocycles. The third-order valence-electron chi connectivity index (χ3n) is 1.55. The van der Waals surface area contributed by atoms with Gasteiger partial charge in [-0.25, -0.2) is 5.43 Å². The van der Waals surface area contributed by atoms with Crippen molar-refractivity contribution in [2.45, 2.75) is 0 Å². The quantitative estimate of drug-likeness (QED) is 0.710. The first-order chi connectivity index (χ1) is 6.36. The lowest BCUT2D eigenvalue weighted by Gasteiger charge is -2.10. The average Bonchev–Trinajstić information content (AvgIpc) is 2.20. The first kappa shape index (κ1) is 8.25. The van der Waals surface area contributed by atoms with Crippen molar-refractivity contribution >= 4 is 22.7 Å². The Morgan fingerprint density at radius 3 is 2.77 bits per heavy atom. The van der Waals surface area contributed by atoms with E-state index in [4.69, 9.17) is 0 Å². The summed E-state index contributed by atoms with van der Waals surface area (Å²) in [6, 6.07) is 3.73. The molecule has 2 rings (SSSR count). The Kier molecular flexibility index (Phi) is 2.27. The number of nitrogens with zero attached hydrogens (tertiary/aromatic N) is 2. The molecule has 1 aromatic rings. The summed E-state index contributed by atoms with van der Waals surface area (Å²) in [5, 5.41) is 4.77.